The standard InChI is InChI=1S/C13H20N2O4/c1-18-9-12(5-6-16)15-8-11-4-3-10(7-14-11)13(17)19-2/h3-4,7,12,15-16H,5-6,8-9H2,1-2H3. The molecule has 0 aromatic carbocycles. The first-order valence-electron chi connectivity index (χ1n) is 6.07. The number of carbonyl (C=O) groups is 1. The zero-order chi connectivity index (χ0) is 14.1. The van der Waals surface area contributed by atoms with Gasteiger partial charge in [-0.15, -0.1) is 0 Å². The SMILES string of the molecule is COCC(CCO)NCc1ccc(C(=O)OC)cn1. The summed E-state index contributed by atoms with van der Waals surface area (Å²) in [5, 5.41) is 12.2. The second kappa shape index (κ2) is 8.58. The first kappa shape index (κ1) is 15.6. The van der Waals surface area contributed by atoms with Crippen LogP contribution in [0.3, 0.4) is 0 Å². The fourth-order valence-corrected chi connectivity index (χ4v) is 1.62. The Morgan fingerprint density at radius 3 is 2.79 bits per heavy atom. The average molecular weight is 268 g/mol. The second-order valence-electron chi connectivity index (χ2n) is 4.08. The van der Waals surface area contributed by atoms with Crippen LogP contribution in [-0.4, -0.2) is 49.5 Å². The minimum absolute atomic E-state index is 0.0806. The van der Waals surface area contributed by atoms with Gasteiger partial charge in [0.25, 0.3) is 0 Å². The Kier molecular flexibility index (Phi) is 7.02. The lowest BCUT2D eigenvalue weighted by Gasteiger charge is -2.16. The summed E-state index contributed by atoms with van der Waals surface area (Å²) in [6.45, 7) is 1.19. The summed E-state index contributed by atoms with van der Waals surface area (Å²) in [5.74, 6) is -0.399. The molecule has 0 aliphatic rings. The molecule has 1 aromatic heterocycles. The number of methoxy groups -OCH3 is 2. The molecule has 19 heavy (non-hydrogen) atoms. The molecule has 0 saturated carbocycles. The predicted octanol–water partition coefficient (Wildman–Crippen LogP) is 0.355. The van der Waals surface area contributed by atoms with Crippen molar-refractivity contribution < 1.29 is 19.4 Å². The highest BCUT2D eigenvalue weighted by Crippen LogP contribution is 2.03. The molecule has 0 spiro atoms. The molecule has 1 unspecified atom stereocenters. The van der Waals surface area contributed by atoms with E-state index in [-0.39, 0.29) is 12.6 Å². The van der Waals surface area contributed by atoms with E-state index in [1.54, 1.807) is 19.2 Å². The average Bonchev–Trinajstić information content (AvgIpc) is 2.45. The molecule has 0 aliphatic heterocycles. The highest BCUT2D eigenvalue weighted by atomic mass is 16.5. The molecule has 0 aliphatic carbocycles. The summed E-state index contributed by atoms with van der Waals surface area (Å²) >= 11 is 0. The van der Waals surface area contributed by atoms with Gasteiger partial charge in [-0.05, 0) is 18.6 Å². The van der Waals surface area contributed by atoms with Crippen LogP contribution >= 0.6 is 0 Å². The normalized spacial score (nSPS) is 12.2. The maximum atomic E-state index is 11.2. The summed E-state index contributed by atoms with van der Waals surface area (Å²) < 4.78 is 9.65. The summed E-state index contributed by atoms with van der Waals surface area (Å²) in [5.41, 5.74) is 1.24. The third-order valence-corrected chi connectivity index (χ3v) is 2.66. The maximum Gasteiger partial charge on any atom is 0.339 e. The van der Waals surface area contributed by atoms with E-state index in [1.807, 2.05) is 0 Å². The van der Waals surface area contributed by atoms with Gasteiger partial charge >= 0.3 is 5.97 Å². The van der Waals surface area contributed by atoms with Gasteiger partial charge in [0.05, 0.1) is 25.0 Å². The molecule has 0 saturated heterocycles. The van der Waals surface area contributed by atoms with Gasteiger partial charge in [-0.25, -0.2) is 4.79 Å². The summed E-state index contributed by atoms with van der Waals surface area (Å²) in [6.07, 6.45) is 2.11. The van der Waals surface area contributed by atoms with E-state index in [0.717, 1.165) is 5.69 Å². The van der Waals surface area contributed by atoms with Crippen molar-refractivity contribution in [3.8, 4) is 0 Å². The summed E-state index contributed by atoms with van der Waals surface area (Å²) in [6, 6.07) is 3.52. The number of aromatic nitrogens is 1. The molecule has 1 rings (SSSR count). The van der Waals surface area contributed by atoms with Gasteiger partial charge in [-0.2, -0.15) is 0 Å². The topological polar surface area (TPSA) is 80.7 Å². The van der Waals surface area contributed by atoms with Gasteiger partial charge in [0.15, 0.2) is 0 Å². The monoisotopic (exact) mass is 268 g/mol. The number of aliphatic hydroxyl groups is 1. The van der Waals surface area contributed by atoms with Crippen molar-refractivity contribution >= 4 is 5.97 Å². The molecule has 1 atom stereocenters. The number of rotatable bonds is 8. The lowest BCUT2D eigenvalue weighted by Crippen LogP contribution is -2.33. The molecule has 0 fully saturated rings. The Balaban J connectivity index is 2.50. The Morgan fingerprint density at radius 2 is 2.26 bits per heavy atom. The number of carbonyl (C=O) groups excluding carboxylic acids is 1. The maximum absolute atomic E-state index is 11.2. The van der Waals surface area contributed by atoms with Crippen LogP contribution in [0.25, 0.3) is 0 Å². The minimum atomic E-state index is -0.399. The number of esters is 1. The minimum Gasteiger partial charge on any atom is -0.465 e. The Morgan fingerprint density at radius 1 is 1.47 bits per heavy atom. The lowest BCUT2D eigenvalue weighted by atomic mass is 10.2. The molecular formula is C13H20N2O4. The van der Waals surface area contributed by atoms with Crippen LogP contribution in [0.5, 0.6) is 0 Å². The predicted molar refractivity (Wildman–Crippen MR) is 69.8 cm³/mol. The Labute approximate surface area is 112 Å². The number of aliphatic hydroxyl groups excluding tert-OH is 1. The number of pyridine rings is 1. The zero-order valence-electron chi connectivity index (χ0n) is 11.3. The molecule has 1 heterocycles. The second-order valence-corrected chi connectivity index (χ2v) is 4.08. The van der Waals surface area contributed by atoms with Crippen molar-refractivity contribution in [3.63, 3.8) is 0 Å². The van der Waals surface area contributed by atoms with Crippen LogP contribution in [0.4, 0.5) is 0 Å². The molecule has 2 N–H and O–H groups in total. The van der Waals surface area contributed by atoms with Crippen LogP contribution < -0.4 is 5.32 Å². The van der Waals surface area contributed by atoms with Crippen LogP contribution in [0.1, 0.15) is 22.5 Å². The largest absolute Gasteiger partial charge is 0.465 e. The summed E-state index contributed by atoms with van der Waals surface area (Å²) in [7, 11) is 2.96. The third-order valence-electron chi connectivity index (χ3n) is 2.66. The lowest BCUT2D eigenvalue weighted by molar-refractivity contribution is 0.0600. The summed E-state index contributed by atoms with van der Waals surface area (Å²) in [4.78, 5) is 15.4. The molecule has 1 aromatic rings. The first-order valence-corrected chi connectivity index (χ1v) is 6.07. The molecule has 6 heteroatoms. The number of nitrogens with zero attached hydrogens (tertiary/aromatic N) is 1. The van der Waals surface area contributed by atoms with E-state index in [9.17, 15) is 4.79 Å². The number of ether oxygens (including phenoxy) is 2. The van der Waals surface area contributed by atoms with E-state index >= 15 is 0 Å². The van der Waals surface area contributed by atoms with Crippen LogP contribution in [0.2, 0.25) is 0 Å². The van der Waals surface area contributed by atoms with E-state index in [1.165, 1.54) is 13.3 Å². The number of hydrogen-bond donors (Lipinski definition) is 2. The van der Waals surface area contributed by atoms with Crippen molar-refractivity contribution in [1.82, 2.24) is 10.3 Å². The van der Waals surface area contributed by atoms with Gasteiger partial charge in [0.2, 0.25) is 0 Å². The van der Waals surface area contributed by atoms with Crippen molar-refractivity contribution in [2.45, 2.75) is 19.0 Å². The van der Waals surface area contributed by atoms with E-state index < -0.39 is 5.97 Å². The van der Waals surface area contributed by atoms with Gasteiger partial charge in [0, 0.05) is 32.5 Å². The molecule has 106 valence electrons. The molecule has 0 radical (unpaired) electrons. The van der Waals surface area contributed by atoms with Crippen molar-refractivity contribution in [1.29, 1.82) is 0 Å². The highest BCUT2D eigenvalue weighted by Gasteiger charge is 2.09. The smallest absolute Gasteiger partial charge is 0.339 e. The quantitative estimate of drug-likeness (QED) is 0.662. The van der Waals surface area contributed by atoms with Gasteiger partial charge in [0.1, 0.15) is 0 Å². The van der Waals surface area contributed by atoms with Gasteiger partial charge in [-0.1, -0.05) is 0 Å². The third kappa shape index (κ3) is 5.34. The molecule has 0 amide bonds. The number of nitrogens with one attached hydrogen (secondary N) is 1. The Bertz CT molecular complexity index is 375. The van der Waals surface area contributed by atoms with Crippen molar-refractivity contribution in [2.75, 3.05) is 27.4 Å². The van der Waals surface area contributed by atoms with Gasteiger partial charge in [-0.3, -0.25) is 4.98 Å². The van der Waals surface area contributed by atoms with E-state index in [2.05, 4.69) is 15.0 Å². The molecule has 0 bridgehead atoms. The number of hydrogen-bond acceptors (Lipinski definition) is 6. The fourth-order valence-electron chi connectivity index (χ4n) is 1.62. The van der Waals surface area contributed by atoms with Crippen molar-refractivity contribution in [2.24, 2.45) is 0 Å². The Hall–Kier alpha value is -1.50. The fraction of sp³-hybridized carbons (Fsp3) is 0.538. The van der Waals surface area contributed by atoms with Crippen LogP contribution in [0, 0.1) is 0 Å². The molecular weight excluding hydrogens is 248 g/mol. The van der Waals surface area contributed by atoms with Gasteiger partial charge < -0.3 is 19.9 Å². The molecule has 6 nitrogen and oxygen atoms in total. The highest BCUT2D eigenvalue weighted by molar-refractivity contribution is 5.88. The van der Waals surface area contributed by atoms with E-state index in [0.29, 0.717) is 25.1 Å². The van der Waals surface area contributed by atoms with Crippen LogP contribution in [0.15, 0.2) is 18.3 Å². The van der Waals surface area contributed by atoms with Crippen LogP contribution in [-0.2, 0) is 16.0 Å². The van der Waals surface area contributed by atoms with E-state index in [4.69, 9.17) is 9.84 Å². The first-order chi connectivity index (χ1) is 9.21. The zero-order valence-corrected chi connectivity index (χ0v) is 11.3. The van der Waals surface area contributed by atoms with Crippen molar-refractivity contribution in [3.05, 3.63) is 29.6 Å².